The summed E-state index contributed by atoms with van der Waals surface area (Å²) in [4.78, 5) is 13.9. The Morgan fingerprint density at radius 2 is 1.54 bits per heavy atom. The van der Waals surface area contributed by atoms with E-state index in [0.29, 0.717) is 19.4 Å². The van der Waals surface area contributed by atoms with Crippen molar-refractivity contribution >= 4 is 21.4 Å². The lowest BCUT2D eigenvalue weighted by molar-refractivity contribution is -0.116. The van der Waals surface area contributed by atoms with Gasteiger partial charge in [-0.2, -0.15) is 0 Å². The highest BCUT2D eigenvalue weighted by Crippen LogP contribution is 2.14. The Labute approximate surface area is 144 Å². The molecule has 0 aromatic heterocycles. The summed E-state index contributed by atoms with van der Waals surface area (Å²) >= 11 is 0. The molecule has 0 bridgehead atoms. The highest BCUT2D eigenvalue weighted by atomic mass is 32.2. The molecule has 2 rings (SSSR count). The van der Waals surface area contributed by atoms with E-state index in [1.165, 1.54) is 4.90 Å². The number of aryl methyl sites for hydroxylation is 1. The van der Waals surface area contributed by atoms with Gasteiger partial charge in [-0.05, 0) is 37.5 Å². The van der Waals surface area contributed by atoms with Gasteiger partial charge < -0.3 is 4.90 Å². The van der Waals surface area contributed by atoms with Crippen molar-refractivity contribution in [3.05, 3.63) is 66.2 Å². The van der Waals surface area contributed by atoms with Gasteiger partial charge in [0.05, 0.1) is 5.75 Å². The van der Waals surface area contributed by atoms with Gasteiger partial charge in [0, 0.05) is 12.2 Å². The van der Waals surface area contributed by atoms with E-state index in [1.54, 1.807) is 0 Å². The molecule has 2 aromatic rings. The van der Waals surface area contributed by atoms with Crippen LogP contribution in [0.3, 0.4) is 0 Å². The zero-order valence-electron chi connectivity index (χ0n) is 13.9. The van der Waals surface area contributed by atoms with E-state index < -0.39 is 15.6 Å². The van der Waals surface area contributed by atoms with Gasteiger partial charge in [-0.1, -0.05) is 48.5 Å². The fraction of sp³-hybridized carbons (Fsp3) is 0.316. The van der Waals surface area contributed by atoms with E-state index in [-0.39, 0.29) is 11.7 Å². The van der Waals surface area contributed by atoms with Crippen LogP contribution in [0, 0.1) is 0 Å². The number of amides is 1. The fourth-order valence-corrected chi connectivity index (χ4v) is 3.85. The molecular formula is C19H23NO3S. The van der Waals surface area contributed by atoms with Gasteiger partial charge in [0.2, 0.25) is 5.91 Å². The fourth-order valence-electron chi connectivity index (χ4n) is 2.59. The van der Waals surface area contributed by atoms with Crippen molar-refractivity contribution in [2.45, 2.75) is 19.8 Å². The molecule has 0 aliphatic rings. The first kappa shape index (κ1) is 18.2. The monoisotopic (exact) mass is 345 g/mol. The quantitative estimate of drug-likeness (QED) is 0.739. The number of hydrogen-bond donors (Lipinski definition) is 0. The minimum Gasteiger partial charge on any atom is -0.312 e. The van der Waals surface area contributed by atoms with E-state index in [4.69, 9.17) is 0 Å². The van der Waals surface area contributed by atoms with Crippen molar-refractivity contribution in [1.82, 2.24) is 0 Å². The van der Waals surface area contributed by atoms with Crippen molar-refractivity contribution in [2.75, 3.05) is 23.0 Å². The third-order valence-electron chi connectivity index (χ3n) is 3.79. The summed E-state index contributed by atoms with van der Waals surface area (Å²) < 4.78 is 24.5. The SMILES string of the molecule is CCN(C(=O)CS(=O)(=O)CCCc1ccccc1)c1ccccc1. The molecule has 0 heterocycles. The maximum absolute atomic E-state index is 12.4. The van der Waals surface area contributed by atoms with Crippen molar-refractivity contribution in [3.8, 4) is 0 Å². The largest absolute Gasteiger partial charge is 0.312 e. The van der Waals surface area contributed by atoms with Crippen LogP contribution in [-0.4, -0.2) is 32.4 Å². The summed E-state index contributed by atoms with van der Waals surface area (Å²) in [5.74, 6) is -0.784. The second-order valence-corrected chi connectivity index (χ2v) is 7.84. The Balaban J connectivity index is 1.91. The van der Waals surface area contributed by atoms with Crippen LogP contribution >= 0.6 is 0 Å². The van der Waals surface area contributed by atoms with Crippen LogP contribution in [0.4, 0.5) is 5.69 Å². The van der Waals surface area contributed by atoms with E-state index in [1.807, 2.05) is 67.6 Å². The van der Waals surface area contributed by atoms with E-state index in [0.717, 1.165) is 11.3 Å². The maximum Gasteiger partial charge on any atom is 0.242 e. The van der Waals surface area contributed by atoms with Crippen LogP contribution in [0.25, 0.3) is 0 Å². The average molecular weight is 345 g/mol. The molecule has 5 heteroatoms. The number of hydrogen-bond acceptors (Lipinski definition) is 3. The van der Waals surface area contributed by atoms with E-state index in [2.05, 4.69) is 0 Å². The summed E-state index contributed by atoms with van der Waals surface area (Å²) in [5.41, 5.74) is 1.84. The third-order valence-corrected chi connectivity index (χ3v) is 5.39. The predicted molar refractivity (Wildman–Crippen MR) is 97.9 cm³/mol. The first-order valence-corrected chi connectivity index (χ1v) is 9.94. The van der Waals surface area contributed by atoms with Gasteiger partial charge in [0.1, 0.15) is 5.75 Å². The number of anilines is 1. The molecule has 24 heavy (non-hydrogen) atoms. The number of carbonyl (C=O) groups excluding carboxylic acids is 1. The number of sulfone groups is 1. The zero-order chi connectivity index (χ0) is 17.4. The highest BCUT2D eigenvalue weighted by Gasteiger charge is 2.21. The van der Waals surface area contributed by atoms with Gasteiger partial charge in [-0.15, -0.1) is 0 Å². The zero-order valence-corrected chi connectivity index (χ0v) is 14.7. The summed E-state index contributed by atoms with van der Waals surface area (Å²) in [6.07, 6.45) is 1.22. The lowest BCUT2D eigenvalue weighted by Crippen LogP contribution is -2.36. The predicted octanol–water partition coefficient (Wildman–Crippen LogP) is 3.09. The second kappa shape index (κ2) is 8.64. The van der Waals surface area contributed by atoms with Crippen LogP contribution < -0.4 is 4.90 Å². The summed E-state index contributed by atoms with van der Waals surface area (Å²) in [5, 5.41) is 0. The van der Waals surface area contributed by atoms with Crippen LogP contribution in [0.1, 0.15) is 18.9 Å². The molecule has 0 N–H and O–H groups in total. The van der Waals surface area contributed by atoms with Gasteiger partial charge in [0.25, 0.3) is 0 Å². The Morgan fingerprint density at radius 1 is 0.958 bits per heavy atom. The van der Waals surface area contributed by atoms with Crippen molar-refractivity contribution < 1.29 is 13.2 Å². The topological polar surface area (TPSA) is 54.5 Å². The van der Waals surface area contributed by atoms with Gasteiger partial charge >= 0.3 is 0 Å². The standard InChI is InChI=1S/C19H23NO3S/c1-2-20(18-13-7-4-8-14-18)19(21)16-24(22,23)15-9-12-17-10-5-3-6-11-17/h3-8,10-11,13-14H,2,9,12,15-16H2,1H3. The number of para-hydroxylation sites is 1. The lowest BCUT2D eigenvalue weighted by atomic mass is 10.1. The molecular weight excluding hydrogens is 322 g/mol. The van der Waals surface area contributed by atoms with Crippen LogP contribution in [0.5, 0.6) is 0 Å². The Morgan fingerprint density at radius 3 is 2.12 bits per heavy atom. The molecule has 0 unspecified atom stereocenters. The molecule has 0 atom stereocenters. The Kier molecular flexibility index (Phi) is 6.55. The first-order valence-electron chi connectivity index (χ1n) is 8.11. The second-order valence-electron chi connectivity index (χ2n) is 5.65. The molecule has 0 saturated heterocycles. The van der Waals surface area contributed by atoms with E-state index in [9.17, 15) is 13.2 Å². The first-order chi connectivity index (χ1) is 11.5. The molecule has 4 nitrogen and oxygen atoms in total. The number of carbonyl (C=O) groups is 1. The maximum atomic E-state index is 12.4. The smallest absolute Gasteiger partial charge is 0.242 e. The molecule has 1 amide bonds. The third kappa shape index (κ3) is 5.49. The van der Waals surface area contributed by atoms with Crippen LogP contribution in [0.2, 0.25) is 0 Å². The van der Waals surface area contributed by atoms with Crippen molar-refractivity contribution in [2.24, 2.45) is 0 Å². The minimum atomic E-state index is -3.41. The van der Waals surface area contributed by atoms with Gasteiger partial charge in [-0.3, -0.25) is 4.79 Å². The normalized spacial score (nSPS) is 11.2. The molecule has 2 aromatic carbocycles. The van der Waals surface area contributed by atoms with Crippen LogP contribution in [0.15, 0.2) is 60.7 Å². The number of nitrogens with zero attached hydrogens (tertiary/aromatic N) is 1. The summed E-state index contributed by atoms with van der Waals surface area (Å²) in [7, 11) is -3.41. The van der Waals surface area contributed by atoms with E-state index >= 15 is 0 Å². The van der Waals surface area contributed by atoms with Crippen LogP contribution in [-0.2, 0) is 21.1 Å². The molecule has 0 saturated carbocycles. The molecule has 0 aliphatic heterocycles. The molecule has 128 valence electrons. The highest BCUT2D eigenvalue weighted by molar-refractivity contribution is 7.92. The molecule has 0 spiro atoms. The van der Waals surface area contributed by atoms with Crippen molar-refractivity contribution in [1.29, 1.82) is 0 Å². The minimum absolute atomic E-state index is 0.0278. The number of rotatable bonds is 8. The summed E-state index contributed by atoms with van der Waals surface area (Å²) in [6, 6.07) is 18.9. The molecule has 0 radical (unpaired) electrons. The Hall–Kier alpha value is -2.14. The van der Waals surface area contributed by atoms with Gasteiger partial charge in [0.15, 0.2) is 9.84 Å². The average Bonchev–Trinajstić information content (AvgIpc) is 2.57. The Bertz CT molecular complexity index is 743. The summed E-state index contributed by atoms with van der Waals surface area (Å²) in [6.45, 7) is 2.29. The molecule has 0 aliphatic carbocycles. The molecule has 0 fully saturated rings. The van der Waals surface area contributed by atoms with Gasteiger partial charge in [-0.25, -0.2) is 8.42 Å². The number of benzene rings is 2. The lowest BCUT2D eigenvalue weighted by Gasteiger charge is -2.21. The van der Waals surface area contributed by atoms with Crippen molar-refractivity contribution in [3.63, 3.8) is 0 Å².